The average Bonchev–Trinajstić information content (AvgIpc) is 3.46. The minimum atomic E-state index is 0.501. The van der Waals surface area contributed by atoms with Gasteiger partial charge in [0.15, 0.2) is 0 Å². The highest BCUT2D eigenvalue weighted by molar-refractivity contribution is 5.78. The molecule has 0 atom stereocenters. The lowest BCUT2D eigenvalue weighted by molar-refractivity contribution is -0.119. The van der Waals surface area contributed by atoms with Gasteiger partial charge in [-0.15, -0.1) is 0 Å². The monoisotopic (exact) mass is 1110 g/mol. The van der Waals surface area contributed by atoms with Crippen molar-refractivity contribution in [2.45, 2.75) is 426 Å². The zero-order valence-electron chi connectivity index (χ0n) is 55.5. The van der Waals surface area contributed by atoms with Gasteiger partial charge in [0.05, 0.1) is 0 Å². The van der Waals surface area contributed by atoms with Crippen molar-refractivity contribution in [3.63, 3.8) is 0 Å². The van der Waals surface area contributed by atoms with Gasteiger partial charge in [0, 0.05) is 12.8 Å². The second-order valence-corrected chi connectivity index (χ2v) is 25.4. The maximum Gasteiger partial charge on any atom is 0.132 e. The lowest BCUT2D eigenvalue weighted by Crippen LogP contribution is -1.97. The molecule has 468 valence electrons. The molecule has 0 aromatic rings. The quantitative estimate of drug-likeness (QED) is 0.0337. The lowest BCUT2D eigenvalue weighted by Gasteiger charge is -2.05. The second kappa shape index (κ2) is 71.4. The van der Waals surface area contributed by atoms with Crippen LogP contribution >= 0.6 is 0 Å². The van der Waals surface area contributed by atoms with Crippen molar-refractivity contribution in [1.82, 2.24) is 0 Å². The third-order valence-electron chi connectivity index (χ3n) is 17.3. The molecule has 0 heterocycles. The molecule has 0 bridgehead atoms. The molecule has 0 saturated heterocycles. The molecule has 1 heteroatoms. The first-order chi connectivity index (χ1) is 39.7. The number of Topliss-reactive ketones (excluding diaryl/α,β-unsaturated/α-hetero) is 1. The van der Waals surface area contributed by atoms with Crippen LogP contribution in [0, 0.1) is 0 Å². The van der Waals surface area contributed by atoms with Crippen molar-refractivity contribution in [3.05, 3.63) is 71.9 Å². The van der Waals surface area contributed by atoms with Crippen LogP contribution in [0.1, 0.15) is 426 Å². The van der Waals surface area contributed by atoms with Crippen LogP contribution in [-0.2, 0) is 4.79 Å². The van der Waals surface area contributed by atoms with E-state index in [0.29, 0.717) is 5.78 Å². The van der Waals surface area contributed by atoms with E-state index in [1.807, 2.05) is 0 Å². The van der Waals surface area contributed by atoms with E-state index in [4.69, 9.17) is 0 Å². The predicted molar refractivity (Wildman–Crippen MR) is 367 cm³/mol. The molecular formula is C79H146O. The molecule has 80 heavy (non-hydrogen) atoms. The Hall–Kier alpha value is -1.89. The Morgan fingerprint density at radius 1 is 0.212 bits per heavy atom. The molecule has 0 aliphatic rings. The van der Waals surface area contributed by atoms with Crippen molar-refractivity contribution in [2.75, 3.05) is 0 Å². The Kier molecular flexibility index (Phi) is 69.7. The van der Waals surface area contributed by atoms with Gasteiger partial charge >= 0.3 is 0 Å². The van der Waals surface area contributed by atoms with Gasteiger partial charge in [-0.25, -0.2) is 0 Å². The normalized spacial score (nSPS) is 12.6. The van der Waals surface area contributed by atoms with Gasteiger partial charge in [-0.1, -0.05) is 382 Å². The maximum atomic E-state index is 12.9. The van der Waals surface area contributed by atoms with E-state index in [0.717, 1.165) is 38.5 Å². The summed E-state index contributed by atoms with van der Waals surface area (Å²) in [5.41, 5.74) is 3.06. The largest absolute Gasteiger partial charge is 0.300 e. The summed E-state index contributed by atoms with van der Waals surface area (Å²) in [6.07, 6.45) is 107. The summed E-state index contributed by atoms with van der Waals surface area (Å²) < 4.78 is 0. The predicted octanol–water partition coefficient (Wildman–Crippen LogP) is 28.9. The summed E-state index contributed by atoms with van der Waals surface area (Å²) in [7, 11) is 0. The van der Waals surface area contributed by atoms with Gasteiger partial charge in [0.2, 0.25) is 0 Å². The van der Waals surface area contributed by atoms with Crippen LogP contribution in [0.2, 0.25) is 0 Å². The van der Waals surface area contributed by atoms with E-state index in [-0.39, 0.29) is 0 Å². The molecule has 0 aromatic heterocycles. The van der Waals surface area contributed by atoms with Gasteiger partial charge in [-0.2, -0.15) is 0 Å². The first-order valence-electron chi connectivity index (χ1n) is 37.2. The van der Waals surface area contributed by atoms with E-state index in [9.17, 15) is 4.79 Å². The summed E-state index contributed by atoms with van der Waals surface area (Å²) in [5, 5.41) is 0. The van der Waals surface area contributed by atoms with E-state index in [1.54, 1.807) is 0 Å². The summed E-state index contributed by atoms with van der Waals surface area (Å²) in [6.45, 7) is 9.23. The number of hydrogen-bond acceptors (Lipinski definition) is 1. The van der Waals surface area contributed by atoms with Crippen molar-refractivity contribution >= 4 is 5.78 Å². The summed E-state index contributed by atoms with van der Waals surface area (Å²) >= 11 is 0. The lowest BCUT2D eigenvalue weighted by atomic mass is 10.0. The first kappa shape index (κ1) is 78.1. The Bertz CT molecular complexity index is 1270. The maximum absolute atomic E-state index is 12.9. The summed E-state index contributed by atoms with van der Waals surface area (Å²) in [4.78, 5) is 12.9. The van der Waals surface area contributed by atoms with Crippen LogP contribution in [0.15, 0.2) is 71.9 Å². The number of carbonyl (C=O) groups is 1. The zero-order valence-corrected chi connectivity index (χ0v) is 55.5. The molecule has 0 spiro atoms. The Morgan fingerprint density at radius 3 is 0.662 bits per heavy atom. The molecule has 0 aliphatic heterocycles. The van der Waals surface area contributed by atoms with Gasteiger partial charge in [-0.3, -0.25) is 4.79 Å². The Morgan fingerprint density at radius 2 is 0.412 bits per heavy atom. The van der Waals surface area contributed by atoms with Crippen molar-refractivity contribution in [1.29, 1.82) is 0 Å². The number of rotatable bonds is 68. The minimum absolute atomic E-state index is 0.501. The summed E-state index contributed by atoms with van der Waals surface area (Å²) in [5.74, 6) is 0.501. The molecule has 0 rings (SSSR count). The number of ketones is 1. The van der Waals surface area contributed by atoms with Crippen molar-refractivity contribution < 1.29 is 4.79 Å². The molecule has 0 radical (unpaired) electrons. The smallest absolute Gasteiger partial charge is 0.132 e. The van der Waals surface area contributed by atoms with Crippen molar-refractivity contribution in [2.24, 2.45) is 0 Å². The molecule has 0 saturated carbocycles. The molecule has 1 nitrogen and oxygen atoms in total. The van der Waals surface area contributed by atoms with Crippen molar-refractivity contribution in [3.8, 4) is 0 Å². The number of carbonyl (C=O) groups excluding carboxylic acids is 1. The topological polar surface area (TPSA) is 17.1 Å². The van der Waals surface area contributed by atoms with Gasteiger partial charge < -0.3 is 0 Å². The van der Waals surface area contributed by atoms with Crippen LogP contribution in [0.3, 0.4) is 0 Å². The highest BCUT2D eigenvalue weighted by Gasteiger charge is 2.04. The first-order valence-corrected chi connectivity index (χ1v) is 37.2. The van der Waals surface area contributed by atoms with E-state index < -0.39 is 0 Å². The van der Waals surface area contributed by atoms with Crippen LogP contribution in [0.4, 0.5) is 0 Å². The SMILES string of the molecule is CCCCCCCCCCC=CCC=C(C=CCCCCCCCCCCCCCCCC)CCCCCCC(=O)CCCCCCC(C=CCCCCCCCCCCCCCCCC)=CCC=CCCCCCCCCCC. The highest BCUT2D eigenvalue weighted by Crippen LogP contribution is 2.20. The molecule has 0 aliphatic carbocycles. The van der Waals surface area contributed by atoms with Gasteiger partial charge in [0.25, 0.3) is 0 Å². The average molecular weight is 1110 g/mol. The van der Waals surface area contributed by atoms with E-state index in [1.165, 1.54) is 371 Å². The van der Waals surface area contributed by atoms with Crippen LogP contribution in [0.5, 0.6) is 0 Å². The fourth-order valence-electron chi connectivity index (χ4n) is 11.7. The molecule has 0 aromatic carbocycles. The van der Waals surface area contributed by atoms with Gasteiger partial charge in [-0.05, 0) is 103 Å². The second-order valence-electron chi connectivity index (χ2n) is 25.4. The molecule has 0 amide bonds. The van der Waals surface area contributed by atoms with Crippen LogP contribution < -0.4 is 0 Å². The molecular weight excluding hydrogens is 965 g/mol. The number of unbranched alkanes of at least 4 members (excludes halogenated alkanes) is 50. The van der Waals surface area contributed by atoms with E-state index >= 15 is 0 Å². The molecule has 0 fully saturated rings. The minimum Gasteiger partial charge on any atom is -0.300 e. The van der Waals surface area contributed by atoms with Gasteiger partial charge in [0.1, 0.15) is 5.78 Å². The summed E-state index contributed by atoms with van der Waals surface area (Å²) in [6, 6.07) is 0. The Labute approximate surface area is 505 Å². The standard InChI is InChI=1S/C79H146O/c1-5-9-13-17-21-25-29-33-35-37-39-43-47-51-55-63-71-77(69-61-53-49-45-41-31-27-23-19-15-11-7-3)73-65-57-59-67-75-79(80)76-68-60-58-66-74-78(70-62-54-50-46-42-32-28-24-20-16-12-8-4)72-64-56-52-48-44-40-38-36-34-30-26-22-18-14-10-6-2/h49-50,53-54,63-64,69-72H,5-48,51-52,55-62,65-68,73-76H2,1-4H3. The van der Waals surface area contributed by atoms with Crippen LogP contribution in [0.25, 0.3) is 0 Å². The fourth-order valence-corrected chi connectivity index (χ4v) is 11.7. The fraction of sp³-hybridized carbons (Fsp3) is 0.835. The molecule has 0 unspecified atom stereocenters. The van der Waals surface area contributed by atoms with Crippen LogP contribution in [-0.4, -0.2) is 5.78 Å². The Balaban J connectivity index is 4.64. The number of allylic oxidation sites excluding steroid dienone is 12. The van der Waals surface area contributed by atoms with E-state index in [2.05, 4.69) is 88.5 Å². The third kappa shape index (κ3) is 66.9. The third-order valence-corrected chi connectivity index (χ3v) is 17.3. The molecule has 0 N–H and O–H groups in total. The zero-order chi connectivity index (χ0) is 57.6. The highest BCUT2D eigenvalue weighted by atomic mass is 16.1. The number of hydrogen-bond donors (Lipinski definition) is 0.